The number of ether oxygens (including phenoxy) is 1. The van der Waals surface area contributed by atoms with Gasteiger partial charge in [0.2, 0.25) is 5.91 Å². The second-order valence-electron chi connectivity index (χ2n) is 7.06. The second kappa shape index (κ2) is 7.08. The Hall–Kier alpha value is -2.64. The van der Waals surface area contributed by atoms with Crippen LogP contribution in [0.3, 0.4) is 0 Å². The summed E-state index contributed by atoms with van der Waals surface area (Å²) in [6.07, 6.45) is 0.674. The zero-order valence-corrected chi connectivity index (χ0v) is 14.9. The molecule has 0 aliphatic carbocycles. The lowest BCUT2D eigenvalue weighted by atomic mass is 10.1. The number of amides is 2. The van der Waals surface area contributed by atoms with Gasteiger partial charge < -0.3 is 14.5 Å². The van der Waals surface area contributed by atoms with Crippen LogP contribution < -0.4 is 4.90 Å². The summed E-state index contributed by atoms with van der Waals surface area (Å²) in [7, 11) is 1.56. The van der Waals surface area contributed by atoms with Gasteiger partial charge in [0.15, 0.2) is 0 Å². The molecule has 1 aliphatic rings. The smallest absolute Gasteiger partial charge is 0.410 e. The fraction of sp³-hybridized carbons (Fsp3) is 0.529. The normalized spacial score (nSPS) is 14.6. The molecule has 0 bridgehead atoms. The van der Waals surface area contributed by atoms with Crippen LogP contribution in [0.15, 0.2) is 18.2 Å². The number of hydrogen-bond donors (Lipinski definition) is 0. The van der Waals surface area contributed by atoms with Crippen LogP contribution in [0.25, 0.3) is 0 Å². The van der Waals surface area contributed by atoms with Crippen molar-refractivity contribution in [2.45, 2.75) is 45.8 Å². The van der Waals surface area contributed by atoms with E-state index < -0.39 is 16.6 Å². The Kier molecular flexibility index (Phi) is 5.30. The second-order valence-corrected chi connectivity index (χ2v) is 7.06. The Bertz CT molecular complexity index is 696. The minimum atomic E-state index is -0.637. The average Bonchev–Trinajstić information content (AvgIpc) is 2.91. The lowest BCUT2D eigenvalue weighted by molar-refractivity contribution is -0.384. The van der Waals surface area contributed by atoms with Crippen molar-refractivity contribution < 1.29 is 19.2 Å². The van der Waals surface area contributed by atoms with Crippen LogP contribution in [0.1, 0.15) is 39.2 Å². The number of anilines is 1. The number of rotatable bonds is 4. The van der Waals surface area contributed by atoms with Crippen molar-refractivity contribution in [2.24, 2.45) is 0 Å². The summed E-state index contributed by atoms with van der Waals surface area (Å²) in [6, 6.07) is 4.35. The highest BCUT2D eigenvalue weighted by atomic mass is 16.6. The van der Waals surface area contributed by atoms with Gasteiger partial charge in [-0.05, 0) is 33.3 Å². The van der Waals surface area contributed by atoms with Crippen LogP contribution in [0.4, 0.5) is 16.2 Å². The molecule has 1 aliphatic heterocycles. The van der Waals surface area contributed by atoms with Gasteiger partial charge in [0, 0.05) is 43.4 Å². The van der Waals surface area contributed by atoms with Gasteiger partial charge in [-0.3, -0.25) is 14.9 Å². The molecule has 25 heavy (non-hydrogen) atoms. The first kappa shape index (κ1) is 18.7. The number of carbonyl (C=O) groups is 2. The highest BCUT2D eigenvalue weighted by Gasteiger charge is 2.27. The van der Waals surface area contributed by atoms with Crippen LogP contribution in [0, 0.1) is 10.1 Å². The lowest BCUT2D eigenvalue weighted by Crippen LogP contribution is -2.34. The lowest BCUT2D eigenvalue weighted by Gasteiger charge is -2.26. The van der Waals surface area contributed by atoms with Crippen LogP contribution in [-0.4, -0.2) is 41.0 Å². The van der Waals surface area contributed by atoms with Gasteiger partial charge in [-0.15, -0.1) is 0 Å². The van der Waals surface area contributed by atoms with Crippen LogP contribution in [0.5, 0.6) is 0 Å². The molecule has 2 rings (SSSR count). The molecular weight excluding hydrogens is 326 g/mol. The maximum absolute atomic E-state index is 12.2. The molecular formula is C17H23N3O5. The molecule has 0 unspecified atom stereocenters. The fourth-order valence-corrected chi connectivity index (χ4v) is 2.64. The molecule has 2 amide bonds. The molecule has 1 saturated heterocycles. The Morgan fingerprint density at radius 2 is 2.08 bits per heavy atom. The predicted molar refractivity (Wildman–Crippen MR) is 92.4 cm³/mol. The van der Waals surface area contributed by atoms with Crippen molar-refractivity contribution in [1.29, 1.82) is 0 Å². The highest BCUT2D eigenvalue weighted by Crippen LogP contribution is 2.30. The van der Waals surface area contributed by atoms with Crippen molar-refractivity contribution in [3.63, 3.8) is 0 Å². The maximum Gasteiger partial charge on any atom is 0.410 e. The van der Waals surface area contributed by atoms with E-state index in [4.69, 9.17) is 4.74 Å². The van der Waals surface area contributed by atoms with Crippen LogP contribution in [0.2, 0.25) is 0 Å². The van der Waals surface area contributed by atoms with E-state index in [9.17, 15) is 19.7 Å². The predicted octanol–water partition coefficient (Wildman–Crippen LogP) is 3.09. The van der Waals surface area contributed by atoms with E-state index in [-0.39, 0.29) is 18.1 Å². The molecule has 1 fully saturated rings. The first-order chi connectivity index (χ1) is 11.6. The van der Waals surface area contributed by atoms with Gasteiger partial charge in [-0.1, -0.05) is 0 Å². The third-order valence-corrected chi connectivity index (χ3v) is 3.75. The van der Waals surface area contributed by atoms with E-state index in [1.165, 1.54) is 17.0 Å². The topological polar surface area (TPSA) is 93.0 Å². The molecule has 0 spiro atoms. The fourth-order valence-electron chi connectivity index (χ4n) is 2.64. The van der Waals surface area contributed by atoms with Crippen molar-refractivity contribution >= 4 is 23.4 Å². The van der Waals surface area contributed by atoms with Crippen molar-refractivity contribution in [1.82, 2.24) is 4.90 Å². The number of nitro groups is 1. The molecule has 1 aromatic rings. The summed E-state index contributed by atoms with van der Waals surface area (Å²) >= 11 is 0. The summed E-state index contributed by atoms with van der Waals surface area (Å²) in [4.78, 5) is 37.7. The molecule has 8 nitrogen and oxygen atoms in total. The van der Waals surface area contributed by atoms with Crippen molar-refractivity contribution in [3.05, 3.63) is 33.9 Å². The number of benzene rings is 1. The molecule has 0 atom stereocenters. The number of non-ortho nitro benzene ring substituents is 1. The number of nitro benzene ring substituents is 1. The van der Waals surface area contributed by atoms with Gasteiger partial charge in [-0.25, -0.2) is 4.79 Å². The Balaban J connectivity index is 2.30. The molecule has 8 heteroatoms. The van der Waals surface area contributed by atoms with Gasteiger partial charge in [0.25, 0.3) is 5.69 Å². The van der Waals surface area contributed by atoms with E-state index >= 15 is 0 Å². The molecule has 0 saturated carbocycles. The molecule has 0 N–H and O–H groups in total. The first-order valence-corrected chi connectivity index (χ1v) is 8.10. The largest absolute Gasteiger partial charge is 0.444 e. The number of nitrogens with zero attached hydrogens (tertiary/aromatic N) is 3. The van der Waals surface area contributed by atoms with E-state index in [0.29, 0.717) is 24.2 Å². The van der Waals surface area contributed by atoms with Gasteiger partial charge >= 0.3 is 6.09 Å². The average molecular weight is 349 g/mol. The Morgan fingerprint density at radius 3 is 2.60 bits per heavy atom. The highest BCUT2D eigenvalue weighted by molar-refractivity contribution is 5.96. The van der Waals surface area contributed by atoms with E-state index in [0.717, 1.165) is 6.42 Å². The molecule has 1 aromatic carbocycles. The number of hydrogen-bond acceptors (Lipinski definition) is 5. The standard InChI is InChI=1S/C17H23N3O5/c1-17(2,3)25-16(22)18(4)11-12-10-13(20(23)24)7-8-14(12)19-9-5-6-15(19)21/h7-8,10H,5-6,9,11H2,1-4H3. The van der Waals surface area contributed by atoms with Gasteiger partial charge in [-0.2, -0.15) is 0 Å². The van der Waals surface area contributed by atoms with E-state index in [1.54, 1.807) is 38.8 Å². The van der Waals surface area contributed by atoms with Crippen LogP contribution in [-0.2, 0) is 16.1 Å². The zero-order valence-electron chi connectivity index (χ0n) is 14.9. The van der Waals surface area contributed by atoms with E-state index in [1.807, 2.05) is 0 Å². The minimum absolute atomic E-state index is 0.0185. The van der Waals surface area contributed by atoms with Crippen molar-refractivity contribution in [3.8, 4) is 0 Å². The first-order valence-electron chi connectivity index (χ1n) is 8.10. The summed E-state index contributed by atoms with van der Waals surface area (Å²) in [6.45, 7) is 5.97. The molecule has 136 valence electrons. The van der Waals surface area contributed by atoms with Crippen LogP contribution >= 0.6 is 0 Å². The SMILES string of the molecule is CN(Cc1cc([N+](=O)[O-])ccc1N1CCCC1=O)C(=O)OC(C)(C)C. The third kappa shape index (κ3) is 4.68. The molecule has 0 aromatic heterocycles. The van der Waals surface area contributed by atoms with E-state index in [2.05, 4.69) is 0 Å². The maximum atomic E-state index is 12.2. The van der Waals surface area contributed by atoms with Crippen molar-refractivity contribution in [2.75, 3.05) is 18.5 Å². The Morgan fingerprint density at radius 1 is 1.40 bits per heavy atom. The number of carbonyl (C=O) groups excluding carboxylic acids is 2. The summed E-state index contributed by atoms with van der Waals surface area (Å²) in [5.41, 5.74) is 0.422. The minimum Gasteiger partial charge on any atom is -0.444 e. The quantitative estimate of drug-likeness (QED) is 0.615. The third-order valence-electron chi connectivity index (χ3n) is 3.75. The molecule has 0 radical (unpaired) electrons. The summed E-state index contributed by atoms with van der Waals surface area (Å²) < 4.78 is 5.31. The van der Waals surface area contributed by atoms with Gasteiger partial charge in [0.05, 0.1) is 11.5 Å². The monoisotopic (exact) mass is 349 g/mol. The molecule has 1 heterocycles. The summed E-state index contributed by atoms with van der Waals surface area (Å²) in [5.74, 6) is -0.0185. The Labute approximate surface area is 146 Å². The zero-order chi connectivity index (χ0) is 18.8. The van der Waals surface area contributed by atoms with Gasteiger partial charge in [0.1, 0.15) is 5.60 Å². The summed E-state index contributed by atoms with van der Waals surface area (Å²) in [5, 5.41) is 11.1.